The van der Waals surface area contributed by atoms with E-state index in [1.165, 1.54) is 32.1 Å². The highest BCUT2D eigenvalue weighted by atomic mass is 16.5. The van der Waals surface area contributed by atoms with Crippen LogP contribution >= 0.6 is 0 Å². The highest BCUT2D eigenvalue weighted by Gasteiger charge is 2.11. The summed E-state index contributed by atoms with van der Waals surface area (Å²) in [7, 11) is 1.77. The molecule has 0 spiro atoms. The molecule has 0 fully saturated rings. The van der Waals surface area contributed by atoms with Gasteiger partial charge in [0.05, 0.1) is 0 Å². The van der Waals surface area contributed by atoms with Crippen LogP contribution in [0.1, 0.15) is 59.8 Å². The third kappa shape index (κ3) is 9.90. The van der Waals surface area contributed by atoms with Gasteiger partial charge in [0.1, 0.15) is 0 Å². The molecule has 2 unspecified atom stereocenters. The predicted molar refractivity (Wildman–Crippen MR) is 81.0 cm³/mol. The Morgan fingerprint density at radius 2 is 1.78 bits per heavy atom. The molecule has 2 atom stereocenters. The first-order valence-corrected chi connectivity index (χ1v) is 7.81. The van der Waals surface area contributed by atoms with Crippen molar-refractivity contribution in [2.24, 2.45) is 17.8 Å². The third-order valence-electron chi connectivity index (χ3n) is 3.72. The van der Waals surface area contributed by atoms with Crippen LogP contribution in [-0.4, -0.2) is 26.8 Å². The molecular weight excluding hydrogens is 222 g/mol. The van der Waals surface area contributed by atoms with Crippen LogP contribution in [0.2, 0.25) is 0 Å². The lowest BCUT2D eigenvalue weighted by Gasteiger charge is -2.20. The summed E-state index contributed by atoms with van der Waals surface area (Å²) in [5, 5.41) is 3.52. The van der Waals surface area contributed by atoms with Gasteiger partial charge in [-0.15, -0.1) is 0 Å². The fraction of sp³-hybridized carbons (Fsp3) is 1.00. The van der Waals surface area contributed by atoms with E-state index in [0.29, 0.717) is 5.92 Å². The van der Waals surface area contributed by atoms with Gasteiger partial charge in [-0.2, -0.15) is 0 Å². The minimum Gasteiger partial charge on any atom is -0.384 e. The number of nitrogens with one attached hydrogen (secondary N) is 1. The number of ether oxygens (including phenoxy) is 1. The highest BCUT2D eigenvalue weighted by Crippen LogP contribution is 2.22. The van der Waals surface area contributed by atoms with E-state index >= 15 is 0 Å². The maximum Gasteiger partial charge on any atom is 0.0499 e. The van der Waals surface area contributed by atoms with Crippen LogP contribution in [0.5, 0.6) is 0 Å². The summed E-state index contributed by atoms with van der Waals surface area (Å²) in [5.74, 6) is 2.40. The zero-order valence-electron chi connectivity index (χ0n) is 13.3. The summed E-state index contributed by atoms with van der Waals surface area (Å²) in [6.45, 7) is 12.4. The lowest BCUT2D eigenvalue weighted by atomic mass is 9.87. The molecule has 0 aliphatic heterocycles. The van der Waals surface area contributed by atoms with Gasteiger partial charge in [-0.1, -0.05) is 53.4 Å². The lowest BCUT2D eigenvalue weighted by Crippen LogP contribution is -2.24. The van der Waals surface area contributed by atoms with Gasteiger partial charge in [0, 0.05) is 13.7 Å². The summed E-state index contributed by atoms with van der Waals surface area (Å²) < 4.78 is 5.13. The topological polar surface area (TPSA) is 21.3 Å². The Bertz CT molecular complexity index is 170. The minimum atomic E-state index is 0.624. The Morgan fingerprint density at radius 1 is 1.06 bits per heavy atom. The second-order valence-electron chi connectivity index (χ2n) is 6.05. The molecule has 2 nitrogen and oxygen atoms in total. The molecule has 0 radical (unpaired) electrons. The van der Waals surface area contributed by atoms with Crippen LogP contribution < -0.4 is 5.32 Å². The second kappa shape index (κ2) is 12.0. The molecule has 110 valence electrons. The molecule has 0 aromatic carbocycles. The molecule has 0 amide bonds. The molecule has 0 heterocycles. The first kappa shape index (κ1) is 17.9. The Balaban J connectivity index is 3.43. The van der Waals surface area contributed by atoms with E-state index < -0.39 is 0 Å². The third-order valence-corrected chi connectivity index (χ3v) is 3.72. The first-order chi connectivity index (χ1) is 8.61. The molecule has 2 heteroatoms. The summed E-state index contributed by atoms with van der Waals surface area (Å²) in [5.41, 5.74) is 0. The Morgan fingerprint density at radius 3 is 2.33 bits per heavy atom. The molecule has 0 aliphatic rings. The summed E-state index contributed by atoms with van der Waals surface area (Å²) >= 11 is 0. The summed E-state index contributed by atoms with van der Waals surface area (Å²) in [6.07, 6.45) is 6.81. The lowest BCUT2D eigenvalue weighted by molar-refractivity contribution is 0.158. The van der Waals surface area contributed by atoms with Crippen molar-refractivity contribution in [1.82, 2.24) is 5.32 Å². The van der Waals surface area contributed by atoms with Crippen molar-refractivity contribution >= 4 is 0 Å². The van der Waals surface area contributed by atoms with Crippen LogP contribution in [0.15, 0.2) is 0 Å². The van der Waals surface area contributed by atoms with E-state index in [-0.39, 0.29) is 0 Å². The number of methoxy groups -OCH3 is 1. The molecule has 0 aromatic heterocycles. The molecule has 18 heavy (non-hydrogen) atoms. The molecule has 0 bridgehead atoms. The zero-order valence-corrected chi connectivity index (χ0v) is 13.3. The van der Waals surface area contributed by atoms with Crippen molar-refractivity contribution in [2.45, 2.75) is 59.8 Å². The van der Waals surface area contributed by atoms with Gasteiger partial charge in [-0.05, 0) is 37.3 Å². The molecule has 0 saturated heterocycles. The molecule has 0 aliphatic carbocycles. The van der Waals surface area contributed by atoms with Gasteiger partial charge < -0.3 is 10.1 Å². The number of hydrogen-bond acceptors (Lipinski definition) is 2. The van der Waals surface area contributed by atoms with Gasteiger partial charge in [-0.3, -0.25) is 0 Å². The molecule has 1 N–H and O–H groups in total. The van der Waals surface area contributed by atoms with E-state index in [0.717, 1.165) is 31.5 Å². The van der Waals surface area contributed by atoms with Crippen LogP contribution in [0.4, 0.5) is 0 Å². The van der Waals surface area contributed by atoms with Crippen LogP contribution in [0, 0.1) is 17.8 Å². The van der Waals surface area contributed by atoms with Gasteiger partial charge in [0.25, 0.3) is 0 Å². The second-order valence-corrected chi connectivity index (χ2v) is 6.05. The first-order valence-electron chi connectivity index (χ1n) is 7.81. The Hall–Kier alpha value is -0.0800. The average Bonchev–Trinajstić information content (AvgIpc) is 2.32. The van der Waals surface area contributed by atoms with Crippen molar-refractivity contribution in [2.75, 3.05) is 26.8 Å². The zero-order chi connectivity index (χ0) is 13.8. The van der Waals surface area contributed by atoms with Crippen molar-refractivity contribution in [3.63, 3.8) is 0 Å². The Labute approximate surface area is 115 Å². The van der Waals surface area contributed by atoms with Crippen LogP contribution in [0.3, 0.4) is 0 Å². The van der Waals surface area contributed by atoms with Crippen molar-refractivity contribution in [3.05, 3.63) is 0 Å². The smallest absolute Gasteiger partial charge is 0.0499 e. The number of unbranched alkanes of at least 4 members (excludes halogenated alkanes) is 1. The van der Waals surface area contributed by atoms with E-state index in [1.807, 2.05) is 0 Å². The van der Waals surface area contributed by atoms with Gasteiger partial charge >= 0.3 is 0 Å². The van der Waals surface area contributed by atoms with E-state index in [1.54, 1.807) is 7.11 Å². The van der Waals surface area contributed by atoms with Crippen molar-refractivity contribution in [1.29, 1.82) is 0 Å². The van der Waals surface area contributed by atoms with Crippen LogP contribution in [0.25, 0.3) is 0 Å². The summed E-state index contributed by atoms with van der Waals surface area (Å²) in [6, 6.07) is 0. The predicted octanol–water partition coefficient (Wildman–Crippen LogP) is 4.10. The SMILES string of the molecule is CCCC(CCCCNCC(C)COC)C(C)C. The van der Waals surface area contributed by atoms with Crippen molar-refractivity contribution < 1.29 is 4.74 Å². The molecule has 0 saturated carbocycles. The monoisotopic (exact) mass is 257 g/mol. The maximum atomic E-state index is 5.13. The molecular formula is C16H35NO. The van der Waals surface area contributed by atoms with Crippen LogP contribution in [-0.2, 0) is 4.74 Å². The van der Waals surface area contributed by atoms with Crippen molar-refractivity contribution in [3.8, 4) is 0 Å². The number of hydrogen-bond donors (Lipinski definition) is 1. The van der Waals surface area contributed by atoms with E-state index in [9.17, 15) is 0 Å². The highest BCUT2D eigenvalue weighted by molar-refractivity contribution is 4.63. The largest absolute Gasteiger partial charge is 0.384 e. The quantitative estimate of drug-likeness (QED) is 0.531. The number of rotatable bonds is 12. The van der Waals surface area contributed by atoms with Gasteiger partial charge in [0.2, 0.25) is 0 Å². The fourth-order valence-electron chi connectivity index (χ4n) is 2.53. The maximum absolute atomic E-state index is 5.13. The Kier molecular flexibility index (Phi) is 11.9. The fourth-order valence-corrected chi connectivity index (χ4v) is 2.53. The van der Waals surface area contributed by atoms with Gasteiger partial charge in [0.15, 0.2) is 0 Å². The molecule has 0 aromatic rings. The van der Waals surface area contributed by atoms with E-state index in [4.69, 9.17) is 4.74 Å². The average molecular weight is 257 g/mol. The van der Waals surface area contributed by atoms with Gasteiger partial charge in [-0.25, -0.2) is 0 Å². The van der Waals surface area contributed by atoms with E-state index in [2.05, 4.69) is 33.0 Å². The summed E-state index contributed by atoms with van der Waals surface area (Å²) in [4.78, 5) is 0. The minimum absolute atomic E-state index is 0.624. The normalized spacial score (nSPS) is 15.0. The standard InChI is InChI=1S/C16H35NO/c1-6-9-16(14(2)3)10-7-8-11-17-12-15(4)13-18-5/h14-17H,6-13H2,1-5H3. The molecule has 0 rings (SSSR count).